The molecule has 0 aliphatic heterocycles. The summed E-state index contributed by atoms with van der Waals surface area (Å²) in [5, 5.41) is 6.76. The van der Waals surface area contributed by atoms with Crippen molar-refractivity contribution in [2.24, 2.45) is 0 Å². The first-order valence-corrected chi connectivity index (χ1v) is 5.91. The molecule has 2 heteroatoms. The predicted molar refractivity (Wildman–Crippen MR) is 73.2 cm³/mol. The molecule has 2 rings (SSSR count). The molecule has 0 unspecified atom stereocenters. The van der Waals surface area contributed by atoms with E-state index in [1.807, 2.05) is 31.3 Å². The van der Waals surface area contributed by atoms with Gasteiger partial charge in [0, 0.05) is 18.3 Å². The lowest BCUT2D eigenvalue weighted by molar-refractivity contribution is 0.622. The molecule has 0 spiro atoms. The molecule has 0 heterocycles. The van der Waals surface area contributed by atoms with Gasteiger partial charge in [0.25, 0.3) is 0 Å². The molecule has 17 heavy (non-hydrogen) atoms. The summed E-state index contributed by atoms with van der Waals surface area (Å²) in [6.07, 6.45) is 0. The highest BCUT2D eigenvalue weighted by atomic mass is 15.0. The Bertz CT molecular complexity index is 425. The SMILES string of the molecule is CN[C@H](CNc1ccccc1)c1ccccc1. The minimum Gasteiger partial charge on any atom is -0.383 e. The molecule has 0 aromatic heterocycles. The summed E-state index contributed by atoms with van der Waals surface area (Å²) in [6.45, 7) is 0.879. The van der Waals surface area contributed by atoms with Crippen LogP contribution in [0.15, 0.2) is 60.7 Å². The maximum atomic E-state index is 3.43. The average molecular weight is 226 g/mol. The van der Waals surface area contributed by atoms with Crippen LogP contribution in [0, 0.1) is 0 Å². The van der Waals surface area contributed by atoms with Crippen LogP contribution in [-0.2, 0) is 0 Å². The fraction of sp³-hybridized carbons (Fsp3) is 0.200. The standard InChI is InChI=1S/C15H18N2/c1-16-15(13-8-4-2-5-9-13)12-17-14-10-6-3-7-11-14/h2-11,15-17H,12H2,1H3/t15-/m1/s1. The first-order chi connectivity index (χ1) is 8.40. The number of hydrogen-bond donors (Lipinski definition) is 2. The number of rotatable bonds is 5. The quantitative estimate of drug-likeness (QED) is 0.818. The molecule has 2 aromatic rings. The van der Waals surface area contributed by atoms with Crippen LogP contribution in [-0.4, -0.2) is 13.6 Å². The number of hydrogen-bond acceptors (Lipinski definition) is 2. The maximum Gasteiger partial charge on any atom is 0.0493 e. The summed E-state index contributed by atoms with van der Waals surface area (Å²) < 4.78 is 0. The van der Waals surface area contributed by atoms with E-state index in [2.05, 4.69) is 47.0 Å². The zero-order valence-electron chi connectivity index (χ0n) is 10.1. The summed E-state index contributed by atoms with van der Waals surface area (Å²) in [4.78, 5) is 0. The molecular weight excluding hydrogens is 208 g/mol. The molecular formula is C15H18N2. The lowest BCUT2D eigenvalue weighted by Gasteiger charge is -2.18. The topological polar surface area (TPSA) is 24.1 Å². The summed E-state index contributed by atoms with van der Waals surface area (Å²) in [7, 11) is 1.99. The van der Waals surface area contributed by atoms with Gasteiger partial charge in [-0.05, 0) is 24.7 Å². The fourth-order valence-corrected chi connectivity index (χ4v) is 1.85. The summed E-state index contributed by atoms with van der Waals surface area (Å²) in [6, 6.07) is 21.1. The van der Waals surface area contributed by atoms with Gasteiger partial charge >= 0.3 is 0 Å². The number of likely N-dealkylation sites (N-methyl/N-ethyl adjacent to an activating group) is 1. The van der Waals surface area contributed by atoms with Gasteiger partial charge in [-0.15, -0.1) is 0 Å². The molecule has 2 aromatic carbocycles. The molecule has 0 saturated carbocycles. The molecule has 0 fully saturated rings. The van der Waals surface area contributed by atoms with Gasteiger partial charge in [0.2, 0.25) is 0 Å². The van der Waals surface area contributed by atoms with E-state index in [1.165, 1.54) is 5.56 Å². The van der Waals surface area contributed by atoms with Crippen LogP contribution in [0.5, 0.6) is 0 Å². The van der Waals surface area contributed by atoms with E-state index in [4.69, 9.17) is 0 Å². The normalized spacial score (nSPS) is 12.1. The molecule has 0 radical (unpaired) electrons. The lowest BCUT2D eigenvalue weighted by Crippen LogP contribution is -2.24. The van der Waals surface area contributed by atoms with Crippen molar-refractivity contribution < 1.29 is 0 Å². The third-order valence-corrected chi connectivity index (χ3v) is 2.83. The molecule has 2 nitrogen and oxygen atoms in total. The molecule has 88 valence electrons. The second-order valence-corrected chi connectivity index (χ2v) is 4.00. The smallest absolute Gasteiger partial charge is 0.0493 e. The van der Waals surface area contributed by atoms with Crippen molar-refractivity contribution in [3.8, 4) is 0 Å². The third-order valence-electron chi connectivity index (χ3n) is 2.83. The van der Waals surface area contributed by atoms with Crippen LogP contribution >= 0.6 is 0 Å². The Hall–Kier alpha value is -1.80. The van der Waals surface area contributed by atoms with Crippen molar-refractivity contribution in [2.45, 2.75) is 6.04 Å². The van der Waals surface area contributed by atoms with Gasteiger partial charge in [-0.3, -0.25) is 0 Å². The van der Waals surface area contributed by atoms with Gasteiger partial charge in [-0.2, -0.15) is 0 Å². The lowest BCUT2D eigenvalue weighted by atomic mass is 10.1. The molecule has 2 N–H and O–H groups in total. The van der Waals surface area contributed by atoms with Crippen molar-refractivity contribution in [1.82, 2.24) is 5.32 Å². The zero-order chi connectivity index (χ0) is 11.9. The molecule has 0 aliphatic rings. The van der Waals surface area contributed by atoms with Crippen LogP contribution in [0.3, 0.4) is 0 Å². The van der Waals surface area contributed by atoms with E-state index in [0.717, 1.165) is 12.2 Å². The van der Waals surface area contributed by atoms with E-state index in [0.29, 0.717) is 6.04 Å². The highest BCUT2D eigenvalue weighted by molar-refractivity contribution is 5.42. The Kier molecular flexibility index (Phi) is 4.17. The van der Waals surface area contributed by atoms with Gasteiger partial charge in [0.1, 0.15) is 0 Å². The Morgan fingerprint density at radius 2 is 1.47 bits per heavy atom. The third kappa shape index (κ3) is 3.33. The maximum absolute atomic E-state index is 3.43. The van der Waals surface area contributed by atoms with Crippen molar-refractivity contribution >= 4 is 5.69 Å². The number of para-hydroxylation sites is 1. The average Bonchev–Trinajstić information content (AvgIpc) is 2.42. The van der Waals surface area contributed by atoms with Crippen LogP contribution in [0.2, 0.25) is 0 Å². The second-order valence-electron chi connectivity index (χ2n) is 4.00. The zero-order valence-corrected chi connectivity index (χ0v) is 10.1. The van der Waals surface area contributed by atoms with Crippen LogP contribution < -0.4 is 10.6 Å². The minimum absolute atomic E-state index is 0.330. The van der Waals surface area contributed by atoms with Crippen molar-refractivity contribution in [3.63, 3.8) is 0 Å². The van der Waals surface area contributed by atoms with Gasteiger partial charge < -0.3 is 10.6 Å². The molecule has 0 bridgehead atoms. The fourth-order valence-electron chi connectivity index (χ4n) is 1.85. The molecule has 0 aliphatic carbocycles. The monoisotopic (exact) mass is 226 g/mol. The first kappa shape index (κ1) is 11.7. The second kappa shape index (κ2) is 6.06. The molecule has 0 saturated heterocycles. The van der Waals surface area contributed by atoms with E-state index in [1.54, 1.807) is 0 Å². The van der Waals surface area contributed by atoms with Crippen LogP contribution in [0.4, 0.5) is 5.69 Å². The Balaban J connectivity index is 1.97. The number of anilines is 1. The summed E-state index contributed by atoms with van der Waals surface area (Å²) in [5.74, 6) is 0. The first-order valence-electron chi connectivity index (χ1n) is 5.91. The Morgan fingerprint density at radius 1 is 0.882 bits per heavy atom. The van der Waals surface area contributed by atoms with Crippen molar-refractivity contribution in [1.29, 1.82) is 0 Å². The predicted octanol–water partition coefficient (Wildman–Crippen LogP) is 3.06. The summed E-state index contributed by atoms with van der Waals surface area (Å²) >= 11 is 0. The highest BCUT2D eigenvalue weighted by Gasteiger charge is 2.07. The number of nitrogens with one attached hydrogen (secondary N) is 2. The van der Waals surface area contributed by atoms with E-state index < -0.39 is 0 Å². The Morgan fingerprint density at radius 3 is 2.06 bits per heavy atom. The van der Waals surface area contributed by atoms with Crippen LogP contribution in [0.1, 0.15) is 11.6 Å². The van der Waals surface area contributed by atoms with Gasteiger partial charge in [0.05, 0.1) is 0 Å². The largest absolute Gasteiger partial charge is 0.383 e. The minimum atomic E-state index is 0.330. The highest BCUT2D eigenvalue weighted by Crippen LogP contribution is 2.13. The van der Waals surface area contributed by atoms with E-state index in [9.17, 15) is 0 Å². The molecule has 0 amide bonds. The van der Waals surface area contributed by atoms with Gasteiger partial charge in [-0.25, -0.2) is 0 Å². The molecule has 1 atom stereocenters. The van der Waals surface area contributed by atoms with Crippen molar-refractivity contribution in [2.75, 3.05) is 18.9 Å². The number of benzene rings is 2. The van der Waals surface area contributed by atoms with Crippen LogP contribution in [0.25, 0.3) is 0 Å². The van der Waals surface area contributed by atoms with E-state index in [-0.39, 0.29) is 0 Å². The van der Waals surface area contributed by atoms with Crippen molar-refractivity contribution in [3.05, 3.63) is 66.2 Å². The van der Waals surface area contributed by atoms with E-state index >= 15 is 0 Å². The van der Waals surface area contributed by atoms with Gasteiger partial charge in [-0.1, -0.05) is 48.5 Å². The Labute approximate surface area is 103 Å². The van der Waals surface area contributed by atoms with Gasteiger partial charge in [0.15, 0.2) is 0 Å². The summed E-state index contributed by atoms with van der Waals surface area (Å²) in [5.41, 5.74) is 2.46.